The highest BCUT2D eigenvalue weighted by atomic mass is 32.2. The third-order valence-electron chi connectivity index (χ3n) is 2.71. The molecule has 2 aromatic heterocycles. The molecule has 0 radical (unpaired) electrons. The number of nitrogens with one attached hydrogen (secondary N) is 2. The van der Waals surface area contributed by atoms with Crippen LogP contribution < -0.4 is 10.0 Å². The van der Waals surface area contributed by atoms with Crippen molar-refractivity contribution in [1.29, 1.82) is 0 Å². The van der Waals surface area contributed by atoms with Crippen LogP contribution in [0.3, 0.4) is 0 Å². The van der Waals surface area contributed by atoms with Gasteiger partial charge in [-0.3, -0.25) is 9.71 Å². The number of pyridine rings is 2. The molecule has 0 bridgehead atoms. The average molecular weight is 307 g/mol. The molecule has 0 unspecified atom stereocenters. The van der Waals surface area contributed by atoms with Crippen LogP contribution in [0.15, 0.2) is 42.9 Å². The van der Waals surface area contributed by atoms with E-state index in [9.17, 15) is 8.42 Å². The topological polar surface area (TPSA) is 87.2 Å². The Labute approximate surface area is 124 Å². The second-order valence-corrected chi connectivity index (χ2v) is 6.42. The molecule has 8 heteroatoms. The number of aromatic nitrogens is 2. The highest BCUT2D eigenvalue weighted by Crippen LogP contribution is 2.12. The zero-order chi connectivity index (χ0) is 15.3. The fourth-order valence-electron chi connectivity index (χ4n) is 1.49. The normalized spacial score (nSPS) is 11.4. The summed E-state index contributed by atoms with van der Waals surface area (Å²) in [4.78, 5) is 8.11. The van der Waals surface area contributed by atoms with Crippen molar-refractivity contribution >= 4 is 21.7 Å². The fraction of sp³-hybridized carbons (Fsp3) is 0.231. The molecule has 2 aromatic rings. The van der Waals surface area contributed by atoms with E-state index in [2.05, 4.69) is 20.0 Å². The summed E-state index contributed by atoms with van der Waals surface area (Å²) in [6.07, 6.45) is 4.92. The van der Waals surface area contributed by atoms with Crippen molar-refractivity contribution in [2.45, 2.75) is 6.54 Å². The van der Waals surface area contributed by atoms with Crippen LogP contribution in [-0.2, 0) is 16.8 Å². The minimum Gasteiger partial charge on any atom is -0.366 e. The largest absolute Gasteiger partial charge is 0.366 e. The maximum absolute atomic E-state index is 11.7. The zero-order valence-electron chi connectivity index (χ0n) is 11.8. The summed E-state index contributed by atoms with van der Waals surface area (Å²) in [5, 5.41) is 3.15. The summed E-state index contributed by atoms with van der Waals surface area (Å²) >= 11 is 0. The minimum atomic E-state index is -3.50. The van der Waals surface area contributed by atoms with Gasteiger partial charge in [0.25, 0.3) is 0 Å². The van der Waals surface area contributed by atoms with Gasteiger partial charge in [-0.15, -0.1) is 0 Å². The molecule has 2 N–H and O–H groups in total. The number of anilines is 2. The molecule has 0 saturated heterocycles. The van der Waals surface area contributed by atoms with Crippen LogP contribution in [0.25, 0.3) is 0 Å². The highest BCUT2D eigenvalue weighted by molar-refractivity contribution is 7.90. The number of rotatable bonds is 6. The monoisotopic (exact) mass is 307 g/mol. The van der Waals surface area contributed by atoms with Gasteiger partial charge < -0.3 is 5.32 Å². The predicted octanol–water partition coefficient (Wildman–Crippen LogP) is 1.31. The van der Waals surface area contributed by atoms with Crippen molar-refractivity contribution in [1.82, 2.24) is 14.3 Å². The molecule has 0 aliphatic heterocycles. The second kappa shape index (κ2) is 6.51. The minimum absolute atomic E-state index is 0.415. The maximum Gasteiger partial charge on any atom is 0.301 e. The summed E-state index contributed by atoms with van der Waals surface area (Å²) in [7, 11) is -0.586. The van der Waals surface area contributed by atoms with E-state index in [1.807, 2.05) is 12.1 Å². The first-order valence-corrected chi connectivity index (χ1v) is 7.70. The molecular formula is C13H17N5O2S. The van der Waals surface area contributed by atoms with E-state index < -0.39 is 10.2 Å². The standard InChI is InChI=1S/C13H17N5O2S/c1-18(2)21(19,20)17-12-3-4-13(16-10-12)15-9-11-5-7-14-8-6-11/h3-8,10,17H,9H2,1-2H3,(H,15,16). The van der Waals surface area contributed by atoms with E-state index in [0.717, 1.165) is 9.87 Å². The van der Waals surface area contributed by atoms with Gasteiger partial charge in [0, 0.05) is 33.0 Å². The van der Waals surface area contributed by atoms with E-state index in [-0.39, 0.29) is 0 Å². The molecule has 7 nitrogen and oxygen atoms in total. The highest BCUT2D eigenvalue weighted by Gasteiger charge is 2.12. The lowest BCUT2D eigenvalue weighted by atomic mass is 10.3. The van der Waals surface area contributed by atoms with Gasteiger partial charge in [-0.25, -0.2) is 4.98 Å². The van der Waals surface area contributed by atoms with Gasteiger partial charge in [0.15, 0.2) is 0 Å². The first-order chi connectivity index (χ1) is 9.97. The number of nitrogens with zero attached hydrogens (tertiary/aromatic N) is 3. The van der Waals surface area contributed by atoms with Crippen molar-refractivity contribution < 1.29 is 8.42 Å². The van der Waals surface area contributed by atoms with Gasteiger partial charge in [-0.1, -0.05) is 0 Å². The molecule has 0 aliphatic rings. The molecule has 0 aromatic carbocycles. The molecule has 2 heterocycles. The van der Waals surface area contributed by atoms with E-state index >= 15 is 0 Å². The molecule has 2 rings (SSSR count). The molecule has 0 spiro atoms. The van der Waals surface area contributed by atoms with Crippen LogP contribution in [0.5, 0.6) is 0 Å². The zero-order valence-corrected chi connectivity index (χ0v) is 12.6. The van der Waals surface area contributed by atoms with Crippen LogP contribution in [0.1, 0.15) is 5.56 Å². The van der Waals surface area contributed by atoms with Crippen LogP contribution in [0.2, 0.25) is 0 Å². The van der Waals surface area contributed by atoms with Crippen molar-refractivity contribution in [3.8, 4) is 0 Å². The molecule has 0 fully saturated rings. The molecule has 0 amide bonds. The van der Waals surface area contributed by atoms with E-state index in [4.69, 9.17) is 0 Å². The predicted molar refractivity (Wildman–Crippen MR) is 82.0 cm³/mol. The SMILES string of the molecule is CN(C)S(=O)(=O)Nc1ccc(NCc2ccncc2)nc1. The maximum atomic E-state index is 11.7. The lowest BCUT2D eigenvalue weighted by Crippen LogP contribution is -2.28. The van der Waals surface area contributed by atoms with Gasteiger partial charge in [-0.05, 0) is 29.8 Å². The van der Waals surface area contributed by atoms with Gasteiger partial charge in [0.05, 0.1) is 11.9 Å². The molecule has 112 valence electrons. The van der Waals surface area contributed by atoms with Crippen molar-refractivity contribution in [3.63, 3.8) is 0 Å². The Kier molecular flexibility index (Phi) is 4.71. The Balaban J connectivity index is 1.96. The Morgan fingerprint density at radius 1 is 1.14 bits per heavy atom. The van der Waals surface area contributed by atoms with Crippen molar-refractivity contribution in [3.05, 3.63) is 48.4 Å². The first kappa shape index (κ1) is 15.2. The van der Waals surface area contributed by atoms with Crippen molar-refractivity contribution in [2.24, 2.45) is 0 Å². The van der Waals surface area contributed by atoms with Crippen LogP contribution in [0.4, 0.5) is 11.5 Å². The van der Waals surface area contributed by atoms with E-state index in [1.54, 1.807) is 24.5 Å². The van der Waals surface area contributed by atoms with Gasteiger partial charge in [0.2, 0.25) is 0 Å². The first-order valence-electron chi connectivity index (χ1n) is 6.26. The van der Waals surface area contributed by atoms with Gasteiger partial charge in [0.1, 0.15) is 5.82 Å². The Bertz CT molecular complexity index is 671. The Morgan fingerprint density at radius 3 is 2.43 bits per heavy atom. The third-order valence-corrected chi connectivity index (χ3v) is 4.17. The van der Waals surface area contributed by atoms with Crippen molar-refractivity contribution in [2.75, 3.05) is 24.1 Å². The average Bonchev–Trinajstić information content (AvgIpc) is 2.47. The quantitative estimate of drug-likeness (QED) is 0.840. The van der Waals surface area contributed by atoms with E-state index in [0.29, 0.717) is 18.1 Å². The number of hydrogen-bond donors (Lipinski definition) is 2. The van der Waals surface area contributed by atoms with Crippen LogP contribution in [0, 0.1) is 0 Å². The third kappa shape index (κ3) is 4.40. The van der Waals surface area contributed by atoms with Gasteiger partial charge >= 0.3 is 10.2 Å². The van der Waals surface area contributed by atoms with E-state index in [1.165, 1.54) is 20.3 Å². The smallest absolute Gasteiger partial charge is 0.301 e. The summed E-state index contributed by atoms with van der Waals surface area (Å²) < 4.78 is 26.8. The van der Waals surface area contributed by atoms with Crippen LogP contribution >= 0.6 is 0 Å². The Hall–Kier alpha value is -2.19. The molecule has 0 saturated carbocycles. The summed E-state index contributed by atoms with van der Waals surface area (Å²) in [6, 6.07) is 7.19. The summed E-state index contributed by atoms with van der Waals surface area (Å²) in [5.41, 5.74) is 1.50. The molecule has 0 aliphatic carbocycles. The second-order valence-electron chi connectivity index (χ2n) is 4.53. The lowest BCUT2D eigenvalue weighted by Gasteiger charge is -2.13. The molecule has 0 atom stereocenters. The summed E-state index contributed by atoms with van der Waals surface area (Å²) in [5.74, 6) is 0.666. The fourth-order valence-corrected chi connectivity index (χ4v) is 2.09. The molecule has 21 heavy (non-hydrogen) atoms. The van der Waals surface area contributed by atoms with Gasteiger partial charge in [-0.2, -0.15) is 12.7 Å². The Morgan fingerprint density at radius 2 is 1.86 bits per heavy atom. The van der Waals surface area contributed by atoms with Crippen LogP contribution in [-0.4, -0.2) is 36.8 Å². The number of hydrogen-bond acceptors (Lipinski definition) is 5. The molecular weight excluding hydrogens is 290 g/mol. The summed E-state index contributed by atoms with van der Waals surface area (Å²) in [6.45, 7) is 0.623. The lowest BCUT2D eigenvalue weighted by molar-refractivity contribution is 0.527.